The van der Waals surface area contributed by atoms with Crippen molar-refractivity contribution in [3.8, 4) is 0 Å². The fraction of sp³-hybridized carbons (Fsp3) is 1.00. The average Bonchev–Trinajstić information content (AvgIpc) is 2.68. The standard InChI is InChI=1S/C14H30N2/c1-3-10-15-11-6-4-5-7-12-16-13-8-9-14(16)2/h14-15H,3-13H2,1-2H3. The number of unbranched alkanes of at least 4 members (excludes halogenated alkanes) is 3. The first-order chi connectivity index (χ1) is 7.84. The largest absolute Gasteiger partial charge is 0.317 e. The Morgan fingerprint density at radius 2 is 1.94 bits per heavy atom. The molecule has 1 atom stereocenters. The number of rotatable bonds is 9. The molecule has 0 aromatic carbocycles. The molecule has 0 aromatic rings. The maximum absolute atomic E-state index is 3.46. The quantitative estimate of drug-likeness (QED) is 0.608. The van der Waals surface area contributed by atoms with E-state index in [0.717, 1.165) is 6.04 Å². The second-order valence-corrected chi connectivity index (χ2v) is 5.19. The van der Waals surface area contributed by atoms with E-state index in [9.17, 15) is 0 Å². The molecule has 0 aliphatic carbocycles. The van der Waals surface area contributed by atoms with Gasteiger partial charge >= 0.3 is 0 Å². The third kappa shape index (κ3) is 5.86. The molecule has 0 aromatic heterocycles. The van der Waals surface area contributed by atoms with Gasteiger partial charge in [0.25, 0.3) is 0 Å². The van der Waals surface area contributed by atoms with E-state index in [1.165, 1.54) is 71.1 Å². The van der Waals surface area contributed by atoms with Crippen molar-refractivity contribution in [3.63, 3.8) is 0 Å². The smallest absolute Gasteiger partial charge is 0.00674 e. The number of likely N-dealkylation sites (tertiary alicyclic amines) is 1. The van der Waals surface area contributed by atoms with Crippen molar-refractivity contribution in [2.24, 2.45) is 0 Å². The van der Waals surface area contributed by atoms with Crippen LogP contribution in [0, 0.1) is 0 Å². The maximum Gasteiger partial charge on any atom is 0.00674 e. The molecule has 1 unspecified atom stereocenters. The lowest BCUT2D eigenvalue weighted by atomic mass is 10.2. The molecule has 96 valence electrons. The van der Waals surface area contributed by atoms with Crippen LogP contribution in [0.2, 0.25) is 0 Å². The molecule has 1 fully saturated rings. The Kier molecular flexibility index (Phi) is 7.87. The number of hydrogen-bond acceptors (Lipinski definition) is 2. The van der Waals surface area contributed by atoms with E-state index in [1.54, 1.807) is 0 Å². The van der Waals surface area contributed by atoms with E-state index in [0.29, 0.717) is 0 Å². The summed E-state index contributed by atoms with van der Waals surface area (Å²) in [5.41, 5.74) is 0. The van der Waals surface area contributed by atoms with Crippen molar-refractivity contribution >= 4 is 0 Å². The highest BCUT2D eigenvalue weighted by Crippen LogP contribution is 2.16. The van der Waals surface area contributed by atoms with Crippen LogP contribution in [0.15, 0.2) is 0 Å². The van der Waals surface area contributed by atoms with Gasteiger partial charge in [-0.3, -0.25) is 0 Å². The van der Waals surface area contributed by atoms with Crippen LogP contribution in [0.4, 0.5) is 0 Å². The van der Waals surface area contributed by atoms with Crippen LogP contribution in [0.25, 0.3) is 0 Å². The highest BCUT2D eigenvalue weighted by Gasteiger charge is 2.18. The van der Waals surface area contributed by atoms with Crippen molar-refractivity contribution < 1.29 is 0 Å². The summed E-state index contributed by atoms with van der Waals surface area (Å²) in [6.45, 7) is 9.69. The second-order valence-electron chi connectivity index (χ2n) is 5.19. The predicted octanol–water partition coefficient (Wildman–Crippen LogP) is 3.03. The monoisotopic (exact) mass is 226 g/mol. The summed E-state index contributed by atoms with van der Waals surface area (Å²) in [4.78, 5) is 2.66. The summed E-state index contributed by atoms with van der Waals surface area (Å²) in [5.74, 6) is 0. The molecule has 1 N–H and O–H groups in total. The predicted molar refractivity (Wildman–Crippen MR) is 71.9 cm³/mol. The molecule has 0 spiro atoms. The topological polar surface area (TPSA) is 15.3 Å². The zero-order valence-electron chi connectivity index (χ0n) is 11.3. The first-order valence-electron chi connectivity index (χ1n) is 7.29. The van der Waals surface area contributed by atoms with E-state index >= 15 is 0 Å². The second kappa shape index (κ2) is 9.00. The van der Waals surface area contributed by atoms with Gasteiger partial charge in [-0.15, -0.1) is 0 Å². The maximum atomic E-state index is 3.46. The summed E-state index contributed by atoms with van der Waals surface area (Å²) >= 11 is 0. The molecular formula is C14H30N2. The fourth-order valence-corrected chi connectivity index (χ4v) is 2.55. The van der Waals surface area contributed by atoms with E-state index in [4.69, 9.17) is 0 Å². The summed E-state index contributed by atoms with van der Waals surface area (Å²) in [6.07, 6.45) is 9.67. The van der Waals surface area contributed by atoms with E-state index in [-0.39, 0.29) is 0 Å². The van der Waals surface area contributed by atoms with Crippen LogP contribution in [0.5, 0.6) is 0 Å². The lowest BCUT2D eigenvalue weighted by Gasteiger charge is -2.20. The first-order valence-corrected chi connectivity index (χ1v) is 7.29. The molecule has 0 bridgehead atoms. The van der Waals surface area contributed by atoms with Gasteiger partial charge in [-0.05, 0) is 65.2 Å². The molecule has 0 amide bonds. The zero-order chi connectivity index (χ0) is 11.6. The Hall–Kier alpha value is -0.0800. The highest BCUT2D eigenvalue weighted by molar-refractivity contribution is 4.74. The van der Waals surface area contributed by atoms with Crippen LogP contribution in [-0.4, -0.2) is 37.1 Å². The average molecular weight is 226 g/mol. The van der Waals surface area contributed by atoms with Gasteiger partial charge in [-0.25, -0.2) is 0 Å². The van der Waals surface area contributed by atoms with Crippen LogP contribution in [-0.2, 0) is 0 Å². The van der Waals surface area contributed by atoms with E-state index < -0.39 is 0 Å². The molecule has 2 nitrogen and oxygen atoms in total. The van der Waals surface area contributed by atoms with Gasteiger partial charge in [-0.2, -0.15) is 0 Å². The Morgan fingerprint density at radius 3 is 2.62 bits per heavy atom. The number of hydrogen-bond donors (Lipinski definition) is 1. The van der Waals surface area contributed by atoms with Gasteiger partial charge in [0.1, 0.15) is 0 Å². The van der Waals surface area contributed by atoms with Crippen LogP contribution >= 0.6 is 0 Å². The van der Waals surface area contributed by atoms with Crippen molar-refractivity contribution in [2.45, 2.75) is 64.8 Å². The van der Waals surface area contributed by atoms with Crippen LogP contribution < -0.4 is 5.32 Å². The molecule has 1 rings (SSSR count). The van der Waals surface area contributed by atoms with Crippen molar-refractivity contribution in [3.05, 3.63) is 0 Å². The van der Waals surface area contributed by atoms with Crippen molar-refractivity contribution in [2.75, 3.05) is 26.2 Å². The minimum Gasteiger partial charge on any atom is -0.317 e. The van der Waals surface area contributed by atoms with E-state index in [2.05, 4.69) is 24.1 Å². The Balaban J connectivity index is 1.81. The summed E-state index contributed by atoms with van der Waals surface area (Å²) < 4.78 is 0. The molecule has 16 heavy (non-hydrogen) atoms. The van der Waals surface area contributed by atoms with Crippen molar-refractivity contribution in [1.82, 2.24) is 10.2 Å². The van der Waals surface area contributed by atoms with Crippen LogP contribution in [0.3, 0.4) is 0 Å². The normalized spacial score (nSPS) is 21.8. The van der Waals surface area contributed by atoms with Gasteiger partial charge in [0.2, 0.25) is 0 Å². The molecule has 1 heterocycles. The van der Waals surface area contributed by atoms with Gasteiger partial charge in [-0.1, -0.05) is 19.8 Å². The minimum absolute atomic E-state index is 0.853. The Bertz CT molecular complexity index is 159. The minimum atomic E-state index is 0.853. The Labute approximate surface area is 102 Å². The third-order valence-electron chi connectivity index (χ3n) is 3.67. The van der Waals surface area contributed by atoms with Crippen molar-refractivity contribution in [1.29, 1.82) is 0 Å². The summed E-state index contributed by atoms with van der Waals surface area (Å²) in [7, 11) is 0. The fourth-order valence-electron chi connectivity index (χ4n) is 2.55. The summed E-state index contributed by atoms with van der Waals surface area (Å²) in [5, 5.41) is 3.46. The first kappa shape index (κ1) is 14.0. The van der Waals surface area contributed by atoms with Gasteiger partial charge < -0.3 is 10.2 Å². The highest BCUT2D eigenvalue weighted by atomic mass is 15.2. The number of nitrogens with one attached hydrogen (secondary N) is 1. The molecular weight excluding hydrogens is 196 g/mol. The molecule has 1 aliphatic heterocycles. The lowest BCUT2D eigenvalue weighted by Crippen LogP contribution is -2.27. The van der Waals surface area contributed by atoms with Crippen LogP contribution in [0.1, 0.15) is 58.8 Å². The molecule has 1 aliphatic rings. The molecule has 2 heteroatoms. The summed E-state index contributed by atoms with van der Waals surface area (Å²) in [6, 6.07) is 0.853. The Morgan fingerprint density at radius 1 is 1.12 bits per heavy atom. The van der Waals surface area contributed by atoms with Gasteiger partial charge in [0.05, 0.1) is 0 Å². The molecule has 0 saturated carbocycles. The van der Waals surface area contributed by atoms with E-state index in [1.807, 2.05) is 0 Å². The van der Waals surface area contributed by atoms with Gasteiger partial charge in [0, 0.05) is 6.04 Å². The zero-order valence-corrected chi connectivity index (χ0v) is 11.3. The number of nitrogens with zero attached hydrogens (tertiary/aromatic N) is 1. The molecule has 0 radical (unpaired) electrons. The molecule has 1 saturated heterocycles. The van der Waals surface area contributed by atoms with Gasteiger partial charge in [0.15, 0.2) is 0 Å². The SMILES string of the molecule is CCCNCCCCCCN1CCCC1C. The third-order valence-corrected chi connectivity index (χ3v) is 3.67. The lowest BCUT2D eigenvalue weighted by molar-refractivity contribution is 0.262.